The van der Waals surface area contributed by atoms with Crippen LogP contribution in [-0.2, 0) is 19.5 Å². The molecule has 2 unspecified atom stereocenters. The molecule has 132 valence electrons. The number of aliphatic hydroxyl groups is 1. The van der Waals surface area contributed by atoms with Crippen LogP contribution in [0.4, 0.5) is 0 Å². The SMILES string of the molecule is COCC(C)OCC(O)CN1CCN(S(C)(=O)=O)CC1(C)C. The zero-order chi connectivity index (χ0) is 17.0. The van der Waals surface area contributed by atoms with Crippen molar-refractivity contribution < 1.29 is 23.0 Å². The second-order valence-electron chi connectivity index (χ2n) is 6.61. The van der Waals surface area contributed by atoms with Gasteiger partial charge < -0.3 is 14.6 Å². The molecule has 1 aliphatic rings. The van der Waals surface area contributed by atoms with Crippen molar-refractivity contribution in [1.29, 1.82) is 0 Å². The molecule has 0 aromatic carbocycles. The molecular formula is C14H30N2O5S. The molecule has 0 spiro atoms. The molecule has 1 heterocycles. The van der Waals surface area contributed by atoms with Crippen LogP contribution in [0.5, 0.6) is 0 Å². The first-order valence-electron chi connectivity index (χ1n) is 7.55. The molecule has 0 aliphatic carbocycles. The van der Waals surface area contributed by atoms with E-state index in [1.54, 1.807) is 7.11 Å². The zero-order valence-corrected chi connectivity index (χ0v) is 15.1. The Morgan fingerprint density at radius 3 is 2.41 bits per heavy atom. The van der Waals surface area contributed by atoms with Gasteiger partial charge in [-0.3, -0.25) is 4.90 Å². The number of rotatable bonds is 8. The smallest absolute Gasteiger partial charge is 0.211 e. The van der Waals surface area contributed by atoms with Gasteiger partial charge in [0.25, 0.3) is 0 Å². The minimum atomic E-state index is -3.17. The number of ether oxygens (including phenoxy) is 2. The third kappa shape index (κ3) is 6.10. The average molecular weight is 338 g/mol. The number of methoxy groups -OCH3 is 1. The summed E-state index contributed by atoms with van der Waals surface area (Å²) in [5.41, 5.74) is -0.319. The van der Waals surface area contributed by atoms with Gasteiger partial charge in [0.2, 0.25) is 10.0 Å². The Balaban J connectivity index is 2.49. The van der Waals surface area contributed by atoms with Gasteiger partial charge in [0.15, 0.2) is 0 Å². The highest BCUT2D eigenvalue weighted by atomic mass is 32.2. The van der Waals surface area contributed by atoms with Gasteiger partial charge in [0.05, 0.1) is 31.7 Å². The van der Waals surface area contributed by atoms with E-state index in [0.29, 0.717) is 32.8 Å². The summed E-state index contributed by atoms with van der Waals surface area (Å²) in [6.45, 7) is 8.56. The van der Waals surface area contributed by atoms with Crippen LogP contribution in [0.3, 0.4) is 0 Å². The van der Waals surface area contributed by atoms with Crippen molar-refractivity contribution in [3.63, 3.8) is 0 Å². The monoisotopic (exact) mass is 338 g/mol. The fraction of sp³-hybridized carbons (Fsp3) is 1.00. The molecule has 0 bridgehead atoms. The summed E-state index contributed by atoms with van der Waals surface area (Å²) in [5, 5.41) is 10.1. The standard InChI is InChI=1S/C14H30N2O5S/c1-12(9-20-4)21-10-13(17)8-15-6-7-16(22(5,18)19)11-14(15,2)3/h12-13,17H,6-11H2,1-5H3. The van der Waals surface area contributed by atoms with E-state index in [0.717, 1.165) is 0 Å². The highest BCUT2D eigenvalue weighted by Crippen LogP contribution is 2.22. The van der Waals surface area contributed by atoms with Crippen molar-refractivity contribution in [2.45, 2.75) is 38.5 Å². The van der Waals surface area contributed by atoms with Gasteiger partial charge in [-0.2, -0.15) is 4.31 Å². The summed E-state index contributed by atoms with van der Waals surface area (Å²) in [6.07, 6.45) is 0.566. The third-order valence-electron chi connectivity index (χ3n) is 3.91. The maximum atomic E-state index is 11.7. The van der Waals surface area contributed by atoms with Gasteiger partial charge in [0, 0.05) is 38.8 Å². The van der Waals surface area contributed by atoms with Gasteiger partial charge in [-0.15, -0.1) is 0 Å². The summed E-state index contributed by atoms with van der Waals surface area (Å²) < 4.78 is 35.3. The number of sulfonamides is 1. The lowest BCUT2D eigenvalue weighted by molar-refractivity contribution is -0.0546. The Hall–Kier alpha value is -0.250. The largest absolute Gasteiger partial charge is 0.389 e. The zero-order valence-electron chi connectivity index (χ0n) is 14.3. The lowest BCUT2D eigenvalue weighted by Crippen LogP contribution is -2.61. The molecule has 8 heteroatoms. The molecule has 7 nitrogen and oxygen atoms in total. The molecule has 0 radical (unpaired) electrons. The highest BCUT2D eigenvalue weighted by Gasteiger charge is 2.37. The Labute approximate surface area is 134 Å². The predicted molar refractivity (Wildman–Crippen MR) is 85.4 cm³/mol. The molecule has 2 atom stereocenters. The predicted octanol–water partition coefficient (Wildman–Crippen LogP) is -0.245. The summed E-state index contributed by atoms with van der Waals surface area (Å²) in [6, 6.07) is 0. The number of nitrogens with zero attached hydrogens (tertiary/aromatic N) is 2. The Kier molecular flexibility index (Phi) is 7.22. The summed E-state index contributed by atoms with van der Waals surface area (Å²) in [5.74, 6) is 0. The average Bonchev–Trinajstić information content (AvgIpc) is 2.37. The molecule has 1 aliphatic heterocycles. The molecule has 1 N–H and O–H groups in total. The summed E-state index contributed by atoms with van der Waals surface area (Å²) >= 11 is 0. The second-order valence-corrected chi connectivity index (χ2v) is 8.59. The first kappa shape index (κ1) is 19.8. The molecular weight excluding hydrogens is 308 g/mol. The van der Waals surface area contributed by atoms with Gasteiger partial charge in [-0.1, -0.05) is 0 Å². The summed E-state index contributed by atoms with van der Waals surface area (Å²) in [7, 11) is -1.56. The minimum absolute atomic E-state index is 0.0604. The van der Waals surface area contributed by atoms with Crippen LogP contribution in [0.25, 0.3) is 0 Å². The number of hydrogen-bond donors (Lipinski definition) is 1. The Bertz CT molecular complexity index is 441. The lowest BCUT2D eigenvalue weighted by Gasteiger charge is -2.46. The van der Waals surface area contributed by atoms with Gasteiger partial charge in [-0.05, 0) is 20.8 Å². The molecule has 22 heavy (non-hydrogen) atoms. The third-order valence-corrected chi connectivity index (χ3v) is 5.16. The number of aliphatic hydroxyl groups excluding tert-OH is 1. The lowest BCUT2D eigenvalue weighted by atomic mass is 9.99. The molecule has 0 amide bonds. The van der Waals surface area contributed by atoms with Crippen LogP contribution in [0.2, 0.25) is 0 Å². The number of piperazine rings is 1. The molecule has 0 aromatic rings. The maximum Gasteiger partial charge on any atom is 0.211 e. The van der Waals surface area contributed by atoms with E-state index in [2.05, 4.69) is 4.90 Å². The van der Waals surface area contributed by atoms with E-state index in [1.165, 1.54) is 10.6 Å². The van der Waals surface area contributed by atoms with Gasteiger partial charge >= 0.3 is 0 Å². The van der Waals surface area contributed by atoms with E-state index in [1.807, 2.05) is 20.8 Å². The van der Waals surface area contributed by atoms with Crippen LogP contribution in [0.15, 0.2) is 0 Å². The fourth-order valence-corrected chi connectivity index (χ4v) is 3.60. The number of hydrogen-bond acceptors (Lipinski definition) is 6. The Morgan fingerprint density at radius 2 is 1.91 bits per heavy atom. The van der Waals surface area contributed by atoms with E-state index < -0.39 is 16.1 Å². The van der Waals surface area contributed by atoms with Gasteiger partial charge in [0.1, 0.15) is 0 Å². The van der Waals surface area contributed by atoms with Crippen molar-refractivity contribution in [2.24, 2.45) is 0 Å². The highest BCUT2D eigenvalue weighted by molar-refractivity contribution is 7.88. The molecule has 1 fully saturated rings. The van der Waals surface area contributed by atoms with Crippen molar-refractivity contribution in [2.75, 3.05) is 52.8 Å². The van der Waals surface area contributed by atoms with Crippen LogP contribution < -0.4 is 0 Å². The molecule has 0 saturated carbocycles. The van der Waals surface area contributed by atoms with Gasteiger partial charge in [-0.25, -0.2) is 8.42 Å². The Morgan fingerprint density at radius 1 is 1.27 bits per heavy atom. The molecule has 1 rings (SSSR count). The van der Waals surface area contributed by atoms with E-state index >= 15 is 0 Å². The van der Waals surface area contributed by atoms with Crippen molar-refractivity contribution in [3.8, 4) is 0 Å². The maximum absolute atomic E-state index is 11.7. The first-order chi connectivity index (χ1) is 10.1. The van der Waals surface area contributed by atoms with Crippen LogP contribution in [0.1, 0.15) is 20.8 Å². The topological polar surface area (TPSA) is 79.3 Å². The normalized spacial score (nSPS) is 23.4. The van der Waals surface area contributed by atoms with E-state index in [9.17, 15) is 13.5 Å². The first-order valence-corrected chi connectivity index (χ1v) is 9.40. The summed E-state index contributed by atoms with van der Waals surface area (Å²) in [4.78, 5) is 2.11. The molecule has 1 saturated heterocycles. The second kappa shape index (κ2) is 8.03. The van der Waals surface area contributed by atoms with Crippen molar-refractivity contribution in [3.05, 3.63) is 0 Å². The van der Waals surface area contributed by atoms with Crippen LogP contribution in [0, 0.1) is 0 Å². The number of β-amino-alcohol motifs (C(OH)–C–C–N with tert-alkyl or cyclic N) is 1. The van der Waals surface area contributed by atoms with Crippen molar-refractivity contribution >= 4 is 10.0 Å². The van der Waals surface area contributed by atoms with Crippen molar-refractivity contribution in [1.82, 2.24) is 9.21 Å². The minimum Gasteiger partial charge on any atom is -0.389 e. The van der Waals surface area contributed by atoms with E-state index in [4.69, 9.17) is 9.47 Å². The quantitative estimate of drug-likeness (QED) is 0.658. The van der Waals surface area contributed by atoms with Crippen LogP contribution >= 0.6 is 0 Å². The fourth-order valence-electron chi connectivity index (χ4n) is 2.63. The van der Waals surface area contributed by atoms with Crippen LogP contribution in [-0.4, -0.2) is 93.2 Å². The molecule has 0 aromatic heterocycles. The van der Waals surface area contributed by atoms with E-state index in [-0.39, 0.29) is 18.2 Å².